The summed E-state index contributed by atoms with van der Waals surface area (Å²) in [5.74, 6) is 0. The second-order valence-corrected chi connectivity index (χ2v) is 4.74. The van der Waals surface area contributed by atoms with Crippen LogP contribution >= 0.6 is 0 Å². The Morgan fingerprint density at radius 2 is 2.16 bits per heavy atom. The number of nitrogens with one attached hydrogen (secondary N) is 1. The Morgan fingerprint density at radius 1 is 1.42 bits per heavy atom. The largest absolute Gasteiger partial charge is 0.393 e. The number of aromatic amines is 1. The lowest BCUT2D eigenvalue weighted by Crippen LogP contribution is -2.39. The summed E-state index contributed by atoms with van der Waals surface area (Å²) in [7, 11) is 1.59. The van der Waals surface area contributed by atoms with Gasteiger partial charge in [0, 0.05) is 13.6 Å². The minimum absolute atomic E-state index is 0.340. The highest BCUT2D eigenvalue weighted by Crippen LogP contribution is 2.02. The maximum Gasteiger partial charge on any atom is 0.332 e. The second-order valence-electron chi connectivity index (χ2n) is 4.74. The van der Waals surface area contributed by atoms with E-state index < -0.39 is 0 Å². The van der Waals surface area contributed by atoms with Gasteiger partial charge in [-0.1, -0.05) is 0 Å². The Kier molecular flexibility index (Phi) is 3.84. The van der Waals surface area contributed by atoms with E-state index in [1.165, 1.54) is 15.5 Å². The van der Waals surface area contributed by atoms with E-state index in [2.05, 4.69) is 9.97 Å². The molecule has 2 aromatic rings. The van der Waals surface area contributed by atoms with Gasteiger partial charge < -0.3 is 10.1 Å². The van der Waals surface area contributed by atoms with Gasteiger partial charge in [-0.3, -0.25) is 13.9 Å². The molecule has 7 heteroatoms. The predicted octanol–water partition coefficient (Wildman–Crippen LogP) is -0.0256. The van der Waals surface area contributed by atoms with Crippen LogP contribution < -0.4 is 11.2 Å². The molecule has 0 amide bonds. The van der Waals surface area contributed by atoms with Gasteiger partial charge in [0.1, 0.15) is 5.52 Å². The lowest BCUT2D eigenvalue weighted by atomic mass is 10.2. The van der Waals surface area contributed by atoms with Gasteiger partial charge in [-0.15, -0.1) is 0 Å². The third kappa shape index (κ3) is 2.60. The highest BCUT2D eigenvalue weighted by atomic mass is 16.3. The molecule has 1 atom stereocenters. The molecule has 0 saturated carbocycles. The average molecular weight is 266 g/mol. The number of aromatic nitrogens is 4. The number of unbranched alkanes of at least 4 members (excludes halogenated alkanes) is 1. The molecule has 2 aromatic heterocycles. The van der Waals surface area contributed by atoms with Crippen LogP contribution in [0, 0.1) is 0 Å². The van der Waals surface area contributed by atoms with E-state index in [9.17, 15) is 9.59 Å². The van der Waals surface area contributed by atoms with Crippen LogP contribution in [0.3, 0.4) is 0 Å². The molecule has 7 nitrogen and oxygen atoms in total. The maximum absolute atomic E-state index is 12.1. The van der Waals surface area contributed by atoms with E-state index in [4.69, 9.17) is 5.11 Å². The van der Waals surface area contributed by atoms with Crippen molar-refractivity contribution >= 4 is 11.2 Å². The van der Waals surface area contributed by atoms with E-state index in [1.807, 2.05) is 0 Å². The summed E-state index contributed by atoms with van der Waals surface area (Å²) < 4.78 is 2.57. The molecule has 0 bridgehead atoms. The minimum atomic E-state index is -0.360. The van der Waals surface area contributed by atoms with Gasteiger partial charge in [0.05, 0.1) is 12.4 Å². The van der Waals surface area contributed by atoms with Crippen LogP contribution in [0.5, 0.6) is 0 Å². The van der Waals surface area contributed by atoms with E-state index in [-0.39, 0.29) is 17.4 Å². The fraction of sp³-hybridized carbons (Fsp3) is 0.583. The molecule has 19 heavy (non-hydrogen) atoms. The van der Waals surface area contributed by atoms with Gasteiger partial charge in [-0.05, 0) is 26.2 Å². The number of hydrogen-bond acceptors (Lipinski definition) is 4. The van der Waals surface area contributed by atoms with Crippen LogP contribution in [-0.2, 0) is 13.6 Å². The number of aliphatic hydroxyl groups excluding tert-OH is 1. The van der Waals surface area contributed by atoms with Crippen molar-refractivity contribution in [2.45, 2.75) is 38.8 Å². The van der Waals surface area contributed by atoms with Crippen molar-refractivity contribution in [2.75, 3.05) is 0 Å². The maximum atomic E-state index is 12.1. The zero-order valence-electron chi connectivity index (χ0n) is 11.1. The number of H-pyrrole nitrogens is 1. The number of aliphatic hydroxyl groups is 1. The Bertz CT molecular complexity index is 680. The van der Waals surface area contributed by atoms with Crippen molar-refractivity contribution in [2.24, 2.45) is 7.05 Å². The summed E-state index contributed by atoms with van der Waals surface area (Å²) in [6, 6.07) is 0. The molecule has 0 aliphatic rings. The number of imidazole rings is 1. The van der Waals surface area contributed by atoms with Gasteiger partial charge in [0.2, 0.25) is 0 Å². The Morgan fingerprint density at radius 3 is 2.84 bits per heavy atom. The van der Waals surface area contributed by atoms with Crippen LogP contribution in [0.15, 0.2) is 15.9 Å². The topological polar surface area (TPSA) is 92.9 Å². The summed E-state index contributed by atoms with van der Waals surface area (Å²) in [5, 5.41) is 9.17. The van der Waals surface area contributed by atoms with Gasteiger partial charge in [0.25, 0.3) is 5.56 Å². The fourth-order valence-corrected chi connectivity index (χ4v) is 2.10. The molecule has 0 aliphatic carbocycles. The summed E-state index contributed by atoms with van der Waals surface area (Å²) in [6.07, 6.45) is 3.17. The molecule has 104 valence electrons. The van der Waals surface area contributed by atoms with Crippen LogP contribution in [0.2, 0.25) is 0 Å². The van der Waals surface area contributed by atoms with Crippen molar-refractivity contribution in [3.05, 3.63) is 27.2 Å². The third-order valence-corrected chi connectivity index (χ3v) is 3.17. The van der Waals surface area contributed by atoms with Crippen LogP contribution in [0.4, 0.5) is 0 Å². The number of fused-ring (bicyclic) bond motifs is 1. The first kappa shape index (κ1) is 13.5. The first-order chi connectivity index (χ1) is 9.02. The molecule has 2 N–H and O–H groups in total. The predicted molar refractivity (Wildman–Crippen MR) is 71.1 cm³/mol. The van der Waals surface area contributed by atoms with Crippen LogP contribution in [0.25, 0.3) is 11.2 Å². The first-order valence-corrected chi connectivity index (χ1v) is 6.33. The number of nitrogens with zero attached hydrogens (tertiary/aromatic N) is 3. The quantitative estimate of drug-likeness (QED) is 0.743. The molecular weight excluding hydrogens is 248 g/mol. The SMILES string of the molecule is CC(O)CCCCn1c(=O)c2[nH]cnc2n(C)c1=O. The zero-order valence-corrected chi connectivity index (χ0v) is 11.1. The Labute approximate surface area is 109 Å². The average Bonchev–Trinajstić information content (AvgIpc) is 2.84. The molecule has 0 radical (unpaired) electrons. The molecular formula is C12H18N4O3. The summed E-state index contributed by atoms with van der Waals surface area (Å²) in [5.41, 5.74) is 0.0159. The third-order valence-electron chi connectivity index (χ3n) is 3.17. The lowest BCUT2D eigenvalue weighted by molar-refractivity contribution is 0.180. The molecule has 0 fully saturated rings. The van der Waals surface area contributed by atoms with E-state index in [0.29, 0.717) is 30.6 Å². The molecule has 1 unspecified atom stereocenters. The normalized spacial score (nSPS) is 13.0. The number of hydrogen-bond donors (Lipinski definition) is 2. The molecule has 2 heterocycles. The van der Waals surface area contributed by atoms with Gasteiger partial charge in [-0.2, -0.15) is 0 Å². The van der Waals surface area contributed by atoms with Crippen molar-refractivity contribution in [1.29, 1.82) is 0 Å². The van der Waals surface area contributed by atoms with Crippen molar-refractivity contribution in [3.63, 3.8) is 0 Å². The van der Waals surface area contributed by atoms with Crippen molar-refractivity contribution < 1.29 is 5.11 Å². The monoisotopic (exact) mass is 266 g/mol. The first-order valence-electron chi connectivity index (χ1n) is 6.33. The zero-order chi connectivity index (χ0) is 14.0. The highest BCUT2D eigenvalue weighted by Gasteiger charge is 2.12. The van der Waals surface area contributed by atoms with Gasteiger partial charge >= 0.3 is 5.69 Å². The Hall–Kier alpha value is -1.89. The minimum Gasteiger partial charge on any atom is -0.393 e. The van der Waals surface area contributed by atoms with Crippen molar-refractivity contribution in [3.8, 4) is 0 Å². The van der Waals surface area contributed by atoms with Gasteiger partial charge in [-0.25, -0.2) is 9.78 Å². The van der Waals surface area contributed by atoms with Crippen LogP contribution in [0.1, 0.15) is 26.2 Å². The Balaban J connectivity index is 2.28. The van der Waals surface area contributed by atoms with E-state index in [0.717, 1.165) is 6.42 Å². The van der Waals surface area contributed by atoms with Gasteiger partial charge in [0.15, 0.2) is 5.65 Å². The summed E-state index contributed by atoms with van der Waals surface area (Å²) in [6.45, 7) is 2.08. The molecule has 0 spiro atoms. The van der Waals surface area contributed by atoms with E-state index in [1.54, 1.807) is 14.0 Å². The summed E-state index contributed by atoms with van der Waals surface area (Å²) >= 11 is 0. The van der Waals surface area contributed by atoms with E-state index >= 15 is 0 Å². The number of rotatable bonds is 5. The smallest absolute Gasteiger partial charge is 0.332 e. The fourth-order valence-electron chi connectivity index (χ4n) is 2.10. The molecule has 2 rings (SSSR count). The van der Waals surface area contributed by atoms with Crippen LogP contribution in [-0.4, -0.2) is 30.3 Å². The molecule has 0 aromatic carbocycles. The van der Waals surface area contributed by atoms with Crippen molar-refractivity contribution in [1.82, 2.24) is 19.1 Å². The lowest BCUT2D eigenvalue weighted by Gasteiger charge is -2.08. The molecule has 0 saturated heterocycles. The second kappa shape index (κ2) is 5.40. The molecule has 0 aliphatic heterocycles. The number of aryl methyl sites for hydroxylation is 1. The highest BCUT2D eigenvalue weighted by molar-refractivity contribution is 5.68. The standard InChI is InChI=1S/C12H18N4O3/c1-8(17)5-3-4-6-16-11(18)9-10(14-7-13-9)15(2)12(16)19/h7-8,17H,3-6H2,1-2H3,(H,13,14). The summed E-state index contributed by atoms with van der Waals surface area (Å²) in [4.78, 5) is 30.9.